The molecule has 0 radical (unpaired) electrons. The van der Waals surface area contributed by atoms with Crippen molar-refractivity contribution < 1.29 is 9.26 Å². The number of rotatable bonds is 5. The van der Waals surface area contributed by atoms with Gasteiger partial charge in [0.15, 0.2) is 0 Å². The smallest absolute Gasteiger partial charge is 0.259 e. The molecule has 0 atom stereocenters. The third kappa shape index (κ3) is 3.92. The van der Waals surface area contributed by atoms with Crippen LogP contribution in [0.2, 0.25) is 0 Å². The molecule has 0 fully saturated rings. The number of allylic oxidation sites excluding steroid dienone is 2. The second kappa shape index (κ2) is 7.50. The third-order valence-electron chi connectivity index (χ3n) is 4.49. The van der Waals surface area contributed by atoms with Crippen LogP contribution in [-0.2, 0) is 6.54 Å². The highest BCUT2D eigenvalue weighted by atomic mass is 16.5. The highest BCUT2D eigenvalue weighted by Gasteiger charge is 2.15. The Morgan fingerprint density at radius 3 is 2.59 bits per heavy atom. The van der Waals surface area contributed by atoms with Crippen molar-refractivity contribution in [2.45, 2.75) is 13.5 Å². The van der Waals surface area contributed by atoms with Crippen molar-refractivity contribution in [1.82, 2.24) is 15.0 Å². The Morgan fingerprint density at radius 2 is 1.85 bits per heavy atom. The van der Waals surface area contributed by atoms with Gasteiger partial charge in [0.25, 0.3) is 5.89 Å². The molecule has 5 nitrogen and oxygen atoms in total. The zero-order valence-electron chi connectivity index (χ0n) is 15.4. The van der Waals surface area contributed by atoms with Crippen molar-refractivity contribution in [1.29, 1.82) is 0 Å². The predicted octanol–water partition coefficient (Wildman–Crippen LogP) is 4.47. The van der Waals surface area contributed by atoms with Crippen LogP contribution in [-0.4, -0.2) is 28.7 Å². The van der Waals surface area contributed by atoms with Gasteiger partial charge in [-0.15, -0.1) is 0 Å². The molecule has 0 N–H and O–H groups in total. The number of methoxy groups -OCH3 is 1. The Kier molecular flexibility index (Phi) is 4.75. The zero-order chi connectivity index (χ0) is 18.6. The summed E-state index contributed by atoms with van der Waals surface area (Å²) >= 11 is 0. The standard InChI is InChI=1S/C22H21N3O2/c1-16-5-7-17(8-6-16)14-25-13-3-4-19(15-25)22-23-21(24-27-22)18-9-11-20(26-2)12-10-18/h3-12,15H,13-14H2,1-2H3. The van der Waals surface area contributed by atoms with E-state index in [0.29, 0.717) is 11.7 Å². The molecule has 1 aliphatic heterocycles. The molecule has 0 spiro atoms. The summed E-state index contributed by atoms with van der Waals surface area (Å²) in [6.45, 7) is 3.80. The fourth-order valence-corrected chi connectivity index (χ4v) is 2.97. The van der Waals surface area contributed by atoms with Crippen molar-refractivity contribution in [2.75, 3.05) is 13.7 Å². The van der Waals surface area contributed by atoms with Gasteiger partial charge in [-0.25, -0.2) is 0 Å². The van der Waals surface area contributed by atoms with E-state index in [0.717, 1.165) is 30.0 Å². The molecule has 27 heavy (non-hydrogen) atoms. The molecule has 0 saturated carbocycles. The van der Waals surface area contributed by atoms with Gasteiger partial charge in [0, 0.05) is 24.9 Å². The minimum atomic E-state index is 0.519. The summed E-state index contributed by atoms with van der Waals surface area (Å²) in [5.74, 6) is 1.88. The zero-order valence-corrected chi connectivity index (χ0v) is 15.4. The van der Waals surface area contributed by atoms with E-state index in [1.54, 1.807) is 7.11 Å². The van der Waals surface area contributed by atoms with Crippen molar-refractivity contribution in [2.24, 2.45) is 0 Å². The fourth-order valence-electron chi connectivity index (χ4n) is 2.97. The van der Waals surface area contributed by atoms with E-state index in [2.05, 4.69) is 58.5 Å². The maximum Gasteiger partial charge on any atom is 0.259 e. The maximum atomic E-state index is 5.49. The van der Waals surface area contributed by atoms with Crippen LogP contribution in [0.5, 0.6) is 5.75 Å². The SMILES string of the molecule is COc1ccc(-c2noc(C3=CN(Cc4ccc(C)cc4)CC=C3)n2)cc1. The first-order valence-electron chi connectivity index (χ1n) is 8.88. The van der Waals surface area contributed by atoms with Crippen LogP contribution in [0.3, 0.4) is 0 Å². The molecule has 2 aromatic carbocycles. The second-order valence-corrected chi connectivity index (χ2v) is 6.55. The largest absolute Gasteiger partial charge is 0.497 e. The van der Waals surface area contributed by atoms with Crippen molar-refractivity contribution in [3.63, 3.8) is 0 Å². The first-order chi connectivity index (χ1) is 13.2. The Morgan fingerprint density at radius 1 is 1.07 bits per heavy atom. The first kappa shape index (κ1) is 17.1. The molecule has 2 heterocycles. The summed E-state index contributed by atoms with van der Waals surface area (Å²) in [4.78, 5) is 6.78. The van der Waals surface area contributed by atoms with Crippen LogP contribution < -0.4 is 4.74 Å². The van der Waals surface area contributed by atoms with Gasteiger partial charge < -0.3 is 14.2 Å². The molecule has 0 bridgehead atoms. The molecule has 4 rings (SSSR count). The van der Waals surface area contributed by atoms with E-state index in [1.165, 1.54) is 11.1 Å². The summed E-state index contributed by atoms with van der Waals surface area (Å²) in [6.07, 6.45) is 6.21. The van der Waals surface area contributed by atoms with Crippen molar-refractivity contribution >= 4 is 5.57 Å². The molecule has 1 aliphatic rings. The number of ether oxygens (including phenoxy) is 1. The fraction of sp³-hybridized carbons (Fsp3) is 0.182. The van der Waals surface area contributed by atoms with Gasteiger partial charge in [0.2, 0.25) is 5.82 Å². The number of aromatic nitrogens is 2. The highest BCUT2D eigenvalue weighted by molar-refractivity contribution is 5.70. The average molecular weight is 359 g/mol. The van der Waals surface area contributed by atoms with E-state index < -0.39 is 0 Å². The van der Waals surface area contributed by atoms with Gasteiger partial charge >= 0.3 is 0 Å². The Labute approximate surface area is 158 Å². The minimum Gasteiger partial charge on any atom is -0.497 e. The molecule has 0 aliphatic carbocycles. The van der Waals surface area contributed by atoms with E-state index in [-0.39, 0.29) is 0 Å². The number of nitrogens with zero attached hydrogens (tertiary/aromatic N) is 3. The molecule has 136 valence electrons. The topological polar surface area (TPSA) is 51.4 Å². The van der Waals surface area contributed by atoms with Crippen LogP contribution in [0, 0.1) is 6.92 Å². The molecular formula is C22H21N3O2. The molecule has 1 aromatic heterocycles. The monoisotopic (exact) mass is 359 g/mol. The number of benzene rings is 2. The maximum absolute atomic E-state index is 5.49. The highest BCUT2D eigenvalue weighted by Crippen LogP contribution is 2.24. The second-order valence-electron chi connectivity index (χ2n) is 6.55. The summed E-state index contributed by atoms with van der Waals surface area (Å²) < 4.78 is 10.7. The van der Waals surface area contributed by atoms with Crippen LogP contribution in [0.4, 0.5) is 0 Å². The van der Waals surface area contributed by atoms with Gasteiger partial charge in [0.1, 0.15) is 5.75 Å². The normalized spacial score (nSPS) is 13.6. The molecule has 3 aromatic rings. The third-order valence-corrected chi connectivity index (χ3v) is 4.49. The lowest BCUT2D eigenvalue weighted by molar-refractivity contribution is 0.393. The Bertz CT molecular complexity index is 970. The Balaban J connectivity index is 1.52. The van der Waals surface area contributed by atoms with Gasteiger partial charge in [-0.1, -0.05) is 47.1 Å². The van der Waals surface area contributed by atoms with Crippen LogP contribution >= 0.6 is 0 Å². The summed E-state index contributed by atoms with van der Waals surface area (Å²) in [6, 6.07) is 16.2. The minimum absolute atomic E-state index is 0.519. The lowest BCUT2D eigenvalue weighted by Gasteiger charge is -2.22. The van der Waals surface area contributed by atoms with E-state index >= 15 is 0 Å². The number of hydrogen-bond donors (Lipinski definition) is 0. The first-order valence-corrected chi connectivity index (χ1v) is 8.88. The lowest BCUT2D eigenvalue weighted by atomic mass is 10.1. The van der Waals surface area contributed by atoms with Gasteiger partial charge in [-0.2, -0.15) is 4.98 Å². The van der Waals surface area contributed by atoms with Gasteiger partial charge in [0.05, 0.1) is 12.7 Å². The Hall–Kier alpha value is -3.34. The van der Waals surface area contributed by atoms with Crippen molar-refractivity contribution in [3.8, 4) is 17.1 Å². The van der Waals surface area contributed by atoms with E-state index in [1.807, 2.05) is 30.3 Å². The van der Waals surface area contributed by atoms with Crippen molar-refractivity contribution in [3.05, 3.63) is 83.9 Å². The predicted molar refractivity (Wildman–Crippen MR) is 105 cm³/mol. The van der Waals surface area contributed by atoms with Gasteiger partial charge in [-0.3, -0.25) is 0 Å². The van der Waals surface area contributed by atoms with E-state index in [4.69, 9.17) is 9.26 Å². The van der Waals surface area contributed by atoms with Crippen LogP contribution in [0.25, 0.3) is 17.0 Å². The van der Waals surface area contributed by atoms with Crippen LogP contribution in [0.15, 0.2) is 71.4 Å². The summed E-state index contributed by atoms with van der Waals surface area (Å²) in [5.41, 5.74) is 4.35. The summed E-state index contributed by atoms with van der Waals surface area (Å²) in [7, 11) is 1.64. The lowest BCUT2D eigenvalue weighted by Crippen LogP contribution is -2.19. The van der Waals surface area contributed by atoms with Gasteiger partial charge in [-0.05, 0) is 36.8 Å². The van der Waals surface area contributed by atoms with E-state index in [9.17, 15) is 0 Å². The quantitative estimate of drug-likeness (QED) is 0.673. The van der Waals surface area contributed by atoms with Crippen LogP contribution in [0.1, 0.15) is 17.0 Å². The summed E-state index contributed by atoms with van der Waals surface area (Å²) in [5, 5.41) is 4.12. The molecule has 0 saturated heterocycles. The average Bonchev–Trinajstić information content (AvgIpc) is 3.20. The molecule has 5 heteroatoms. The number of hydrogen-bond acceptors (Lipinski definition) is 5. The molecule has 0 unspecified atom stereocenters. The molecule has 0 amide bonds. The molecular weight excluding hydrogens is 338 g/mol. The number of aryl methyl sites for hydroxylation is 1.